The zero-order valence-corrected chi connectivity index (χ0v) is 8.88. The normalized spacial score (nSPS) is 13.4. The van der Waals surface area contributed by atoms with Gasteiger partial charge < -0.3 is 5.73 Å². The van der Waals surface area contributed by atoms with Crippen molar-refractivity contribution in [2.45, 2.75) is 19.9 Å². The molecule has 1 heterocycles. The van der Waals surface area contributed by atoms with Crippen LogP contribution in [0.25, 0.3) is 0 Å². The van der Waals surface area contributed by atoms with E-state index in [4.69, 9.17) is 5.73 Å². The van der Waals surface area contributed by atoms with E-state index < -0.39 is 0 Å². The minimum absolute atomic E-state index is 0.101. The van der Waals surface area contributed by atoms with Crippen molar-refractivity contribution in [3.05, 3.63) is 28.5 Å². The maximum Gasteiger partial charge on any atom is 0.106 e. The average Bonchev–Trinajstić information content (AvgIpc) is 2.03. The highest BCUT2D eigenvalue weighted by Gasteiger charge is 2.09. The number of aromatic nitrogens is 1. The van der Waals surface area contributed by atoms with Crippen molar-refractivity contribution in [3.8, 4) is 0 Å². The van der Waals surface area contributed by atoms with Crippen molar-refractivity contribution in [2.75, 3.05) is 0 Å². The van der Waals surface area contributed by atoms with Crippen LogP contribution in [0.4, 0.5) is 0 Å². The minimum atomic E-state index is 0.101. The Morgan fingerprint density at radius 2 is 2.17 bits per heavy atom. The van der Waals surface area contributed by atoms with Gasteiger partial charge in [0.15, 0.2) is 0 Å². The summed E-state index contributed by atoms with van der Waals surface area (Å²) in [5, 5.41) is 0. The van der Waals surface area contributed by atoms with Crippen LogP contribution >= 0.6 is 15.9 Å². The molecule has 0 fully saturated rings. The van der Waals surface area contributed by atoms with E-state index >= 15 is 0 Å². The first-order chi connectivity index (χ1) is 5.61. The third kappa shape index (κ3) is 2.29. The second-order valence-corrected chi connectivity index (χ2v) is 3.99. The average molecular weight is 229 g/mol. The van der Waals surface area contributed by atoms with E-state index in [9.17, 15) is 0 Å². The van der Waals surface area contributed by atoms with Crippen LogP contribution in [0.15, 0.2) is 22.9 Å². The standard InChI is InChI=1S/C9H13BrN2/c1-6(2)9(11)7-3-4-12-8(10)5-7/h3-6,9H,11H2,1-2H3. The summed E-state index contributed by atoms with van der Waals surface area (Å²) in [6, 6.07) is 4.02. The third-order valence-corrected chi connectivity index (χ3v) is 2.29. The van der Waals surface area contributed by atoms with Gasteiger partial charge >= 0.3 is 0 Å². The quantitative estimate of drug-likeness (QED) is 0.791. The summed E-state index contributed by atoms with van der Waals surface area (Å²) >= 11 is 3.31. The molecule has 0 aliphatic heterocycles. The summed E-state index contributed by atoms with van der Waals surface area (Å²) in [4.78, 5) is 4.04. The molecule has 0 aliphatic carbocycles. The van der Waals surface area contributed by atoms with Crippen LogP contribution in [-0.2, 0) is 0 Å². The van der Waals surface area contributed by atoms with Crippen LogP contribution in [-0.4, -0.2) is 4.98 Å². The Bertz CT molecular complexity index is 260. The van der Waals surface area contributed by atoms with E-state index in [2.05, 4.69) is 34.8 Å². The maximum atomic E-state index is 5.96. The predicted molar refractivity (Wildman–Crippen MR) is 53.7 cm³/mol. The van der Waals surface area contributed by atoms with Gasteiger partial charge in [-0.15, -0.1) is 0 Å². The molecular formula is C9H13BrN2. The third-order valence-electron chi connectivity index (χ3n) is 1.85. The molecule has 1 unspecified atom stereocenters. The largest absolute Gasteiger partial charge is 0.324 e. The molecule has 0 saturated heterocycles. The van der Waals surface area contributed by atoms with Gasteiger partial charge in [0.1, 0.15) is 4.60 Å². The molecule has 12 heavy (non-hydrogen) atoms. The highest BCUT2D eigenvalue weighted by Crippen LogP contribution is 2.20. The Morgan fingerprint density at radius 3 is 2.67 bits per heavy atom. The van der Waals surface area contributed by atoms with Crippen LogP contribution in [0.3, 0.4) is 0 Å². The molecule has 1 rings (SSSR count). The lowest BCUT2D eigenvalue weighted by molar-refractivity contribution is 0.513. The second kappa shape index (κ2) is 4.01. The zero-order chi connectivity index (χ0) is 9.14. The lowest BCUT2D eigenvalue weighted by Gasteiger charge is -2.15. The molecule has 0 spiro atoms. The number of nitrogens with two attached hydrogens (primary N) is 1. The molecule has 0 amide bonds. The predicted octanol–water partition coefficient (Wildman–Crippen LogP) is 2.50. The number of hydrogen-bond acceptors (Lipinski definition) is 2. The molecule has 1 aromatic heterocycles. The van der Waals surface area contributed by atoms with Gasteiger partial charge in [-0.1, -0.05) is 13.8 Å². The van der Waals surface area contributed by atoms with Crippen LogP contribution in [0.2, 0.25) is 0 Å². The minimum Gasteiger partial charge on any atom is -0.324 e. The molecule has 0 saturated carbocycles. The van der Waals surface area contributed by atoms with E-state index in [1.54, 1.807) is 6.20 Å². The summed E-state index contributed by atoms with van der Waals surface area (Å²) in [5.41, 5.74) is 7.09. The molecule has 0 bridgehead atoms. The Labute approximate surface area is 81.3 Å². The van der Waals surface area contributed by atoms with Gasteiger partial charge in [0, 0.05) is 12.2 Å². The van der Waals surface area contributed by atoms with Gasteiger partial charge in [0.25, 0.3) is 0 Å². The molecule has 66 valence electrons. The second-order valence-electron chi connectivity index (χ2n) is 3.18. The van der Waals surface area contributed by atoms with E-state index in [0.29, 0.717) is 5.92 Å². The van der Waals surface area contributed by atoms with E-state index in [-0.39, 0.29) is 6.04 Å². The topological polar surface area (TPSA) is 38.9 Å². The molecule has 2 nitrogen and oxygen atoms in total. The number of nitrogens with zero attached hydrogens (tertiary/aromatic N) is 1. The fourth-order valence-electron chi connectivity index (χ4n) is 1.01. The van der Waals surface area contributed by atoms with E-state index in [1.165, 1.54) is 0 Å². The van der Waals surface area contributed by atoms with E-state index in [1.807, 2.05) is 12.1 Å². The SMILES string of the molecule is CC(C)C(N)c1ccnc(Br)c1. The van der Waals surface area contributed by atoms with Crippen LogP contribution in [0.1, 0.15) is 25.5 Å². The lowest BCUT2D eigenvalue weighted by atomic mass is 9.98. The summed E-state index contributed by atoms with van der Waals surface area (Å²) in [6.45, 7) is 4.22. The number of pyridine rings is 1. The number of hydrogen-bond donors (Lipinski definition) is 1. The van der Waals surface area contributed by atoms with Crippen molar-refractivity contribution in [2.24, 2.45) is 11.7 Å². The summed E-state index contributed by atoms with van der Waals surface area (Å²) in [5.74, 6) is 0.458. The van der Waals surface area contributed by atoms with Crippen molar-refractivity contribution in [3.63, 3.8) is 0 Å². The van der Waals surface area contributed by atoms with Crippen LogP contribution < -0.4 is 5.73 Å². The van der Waals surface area contributed by atoms with Gasteiger partial charge in [0.05, 0.1) is 0 Å². The summed E-state index contributed by atoms with van der Waals surface area (Å²) in [7, 11) is 0. The van der Waals surface area contributed by atoms with Gasteiger partial charge in [-0.3, -0.25) is 0 Å². The van der Waals surface area contributed by atoms with Crippen molar-refractivity contribution in [1.29, 1.82) is 0 Å². The molecule has 0 aromatic carbocycles. The molecule has 0 radical (unpaired) electrons. The lowest BCUT2D eigenvalue weighted by Crippen LogP contribution is -2.16. The number of halogens is 1. The molecule has 2 N–H and O–H groups in total. The molecule has 3 heteroatoms. The Morgan fingerprint density at radius 1 is 1.50 bits per heavy atom. The first-order valence-corrected chi connectivity index (χ1v) is 4.77. The van der Waals surface area contributed by atoms with Gasteiger partial charge in [0.2, 0.25) is 0 Å². The summed E-state index contributed by atoms with van der Waals surface area (Å²) < 4.78 is 0.844. The Balaban J connectivity index is 2.88. The van der Waals surface area contributed by atoms with Gasteiger partial charge in [-0.2, -0.15) is 0 Å². The summed E-state index contributed by atoms with van der Waals surface area (Å²) in [6.07, 6.45) is 1.77. The molecule has 0 aliphatic rings. The smallest absolute Gasteiger partial charge is 0.106 e. The van der Waals surface area contributed by atoms with Crippen LogP contribution in [0, 0.1) is 5.92 Å². The first-order valence-electron chi connectivity index (χ1n) is 3.98. The molecule has 1 aromatic rings. The fraction of sp³-hybridized carbons (Fsp3) is 0.444. The van der Waals surface area contributed by atoms with Crippen LogP contribution in [0.5, 0.6) is 0 Å². The fourth-order valence-corrected chi connectivity index (χ4v) is 1.39. The number of rotatable bonds is 2. The molecule has 1 atom stereocenters. The van der Waals surface area contributed by atoms with Gasteiger partial charge in [-0.05, 0) is 39.5 Å². The van der Waals surface area contributed by atoms with E-state index in [0.717, 1.165) is 10.2 Å². The first kappa shape index (κ1) is 9.68. The Kier molecular flexibility index (Phi) is 3.23. The van der Waals surface area contributed by atoms with Gasteiger partial charge in [-0.25, -0.2) is 4.98 Å². The van der Waals surface area contributed by atoms with Crippen molar-refractivity contribution in [1.82, 2.24) is 4.98 Å². The highest BCUT2D eigenvalue weighted by atomic mass is 79.9. The maximum absolute atomic E-state index is 5.96. The van der Waals surface area contributed by atoms with Crippen molar-refractivity contribution < 1.29 is 0 Å². The molecular weight excluding hydrogens is 216 g/mol. The monoisotopic (exact) mass is 228 g/mol. The van der Waals surface area contributed by atoms with Crippen molar-refractivity contribution >= 4 is 15.9 Å². The highest BCUT2D eigenvalue weighted by molar-refractivity contribution is 9.10. The zero-order valence-electron chi connectivity index (χ0n) is 7.29. The Hall–Kier alpha value is -0.410.